The Kier molecular flexibility index (Phi) is 25.3. The number of unbranched alkanes of at least 4 members (excludes halogenated alkanes) is 15. The van der Waals surface area contributed by atoms with Gasteiger partial charge in [-0.1, -0.05) is 109 Å². The molecular formula is C30H56O4. The summed E-state index contributed by atoms with van der Waals surface area (Å²) in [6.07, 6.45) is 29.9. The lowest BCUT2D eigenvalue weighted by molar-refractivity contribution is -0.150. The highest BCUT2D eigenvalue weighted by molar-refractivity contribution is 5.69. The predicted octanol–water partition coefficient (Wildman–Crippen LogP) is 9.55. The average Bonchev–Trinajstić information content (AvgIpc) is 2.81. The first-order chi connectivity index (χ1) is 16.6. The molecule has 0 heterocycles. The summed E-state index contributed by atoms with van der Waals surface area (Å²) in [6, 6.07) is 0. The van der Waals surface area contributed by atoms with Crippen LogP contribution in [0.25, 0.3) is 0 Å². The second-order valence-electron chi connectivity index (χ2n) is 9.94. The van der Waals surface area contributed by atoms with E-state index in [1.807, 2.05) is 0 Å². The van der Waals surface area contributed by atoms with Gasteiger partial charge in [0.05, 0.1) is 0 Å². The molecule has 34 heavy (non-hydrogen) atoms. The number of ether oxygens (including phenoxy) is 1. The Balaban J connectivity index is 3.53. The third-order valence-electron chi connectivity index (χ3n) is 6.49. The Bertz CT molecular complexity index is 486. The molecule has 0 saturated carbocycles. The molecule has 0 aliphatic rings. The van der Waals surface area contributed by atoms with Crippen molar-refractivity contribution < 1.29 is 19.4 Å². The number of carbonyl (C=O) groups excluding carboxylic acids is 1. The van der Waals surface area contributed by atoms with E-state index in [-0.39, 0.29) is 18.5 Å². The molecule has 0 aliphatic carbocycles. The molecule has 0 aromatic carbocycles. The maximum Gasteiger partial charge on any atom is 0.306 e. The summed E-state index contributed by atoms with van der Waals surface area (Å²) >= 11 is 0. The zero-order valence-electron chi connectivity index (χ0n) is 22.7. The highest BCUT2D eigenvalue weighted by Crippen LogP contribution is 2.16. The quantitative estimate of drug-likeness (QED) is 0.0760. The van der Waals surface area contributed by atoms with Gasteiger partial charge < -0.3 is 9.84 Å². The largest absolute Gasteiger partial charge is 0.481 e. The van der Waals surface area contributed by atoms with Crippen LogP contribution in [0, 0.1) is 0 Å². The normalized spacial score (nSPS) is 12.3. The Morgan fingerprint density at radius 2 is 1.09 bits per heavy atom. The van der Waals surface area contributed by atoms with Crippen LogP contribution in [0.1, 0.15) is 162 Å². The Morgan fingerprint density at radius 3 is 1.62 bits per heavy atom. The maximum absolute atomic E-state index is 12.1. The number of carboxylic acid groups (broad SMARTS) is 1. The minimum Gasteiger partial charge on any atom is -0.481 e. The van der Waals surface area contributed by atoms with Gasteiger partial charge in [-0.2, -0.15) is 0 Å². The number of esters is 1. The molecule has 0 rings (SSSR count). The van der Waals surface area contributed by atoms with Gasteiger partial charge in [-0.3, -0.25) is 9.59 Å². The van der Waals surface area contributed by atoms with E-state index in [1.54, 1.807) is 0 Å². The molecule has 0 aromatic heterocycles. The smallest absolute Gasteiger partial charge is 0.306 e. The third kappa shape index (κ3) is 25.3. The van der Waals surface area contributed by atoms with Crippen LogP contribution in [0.15, 0.2) is 12.2 Å². The van der Waals surface area contributed by atoms with Crippen molar-refractivity contribution >= 4 is 11.9 Å². The Morgan fingerprint density at radius 1 is 0.618 bits per heavy atom. The first-order valence-corrected chi connectivity index (χ1v) is 14.7. The minimum atomic E-state index is -0.782. The fraction of sp³-hybridized carbons (Fsp3) is 0.867. The lowest BCUT2D eigenvalue weighted by atomic mass is 10.1. The number of aliphatic carboxylic acids is 1. The van der Waals surface area contributed by atoms with Crippen molar-refractivity contribution in [3.8, 4) is 0 Å². The zero-order valence-corrected chi connectivity index (χ0v) is 22.7. The Labute approximate surface area is 211 Å². The Hall–Kier alpha value is -1.32. The predicted molar refractivity (Wildman–Crippen MR) is 144 cm³/mol. The van der Waals surface area contributed by atoms with Crippen molar-refractivity contribution in [3.05, 3.63) is 12.2 Å². The van der Waals surface area contributed by atoms with E-state index in [0.29, 0.717) is 19.3 Å². The van der Waals surface area contributed by atoms with Gasteiger partial charge in [-0.15, -0.1) is 0 Å². The van der Waals surface area contributed by atoms with Crippen LogP contribution in [-0.4, -0.2) is 23.1 Å². The van der Waals surface area contributed by atoms with Gasteiger partial charge in [0.1, 0.15) is 6.10 Å². The van der Waals surface area contributed by atoms with Crippen molar-refractivity contribution in [1.29, 1.82) is 0 Å². The molecular weight excluding hydrogens is 424 g/mol. The maximum atomic E-state index is 12.1. The fourth-order valence-corrected chi connectivity index (χ4v) is 4.29. The van der Waals surface area contributed by atoms with E-state index in [2.05, 4.69) is 26.0 Å². The second kappa shape index (κ2) is 26.3. The molecule has 0 bridgehead atoms. The van der Waals surface area contributed by atoms with Crippen LogP contribution in [0.5, 0.6) is 0 Å². The van der Waals surface area contributed by atoms with Gasteiger partial charge in [-0.05, 0) is 51.4 Å². The standard InChI is InChI=1S/C30H56O4/c1-3-5-7-8-9-10-11-12-13-14-15-16-17-18-19-20-21-22-27-30(33)34-28(24-6-4-2)25-23-26-29(31)32/h13-14,28H,3-12,15-27H2,1-2H3,(H,31,32)/b14-13-. The number of carboxylic acids is 1. The topological polar surface area (TPSA) is 63.6 Å². The average molecular weight is 481 g/mol. The molecule has 0 spiro atoms. The van der Waals surface area contributed by atoms with Crippen molar-refractivity contribution in [2.45, 2.75) is 168 Å². The van der Waals surface area contributed by atoms with E-state index in [9.17, 15) is 9.59 Å². The summed E-state index contributed by atoms with van der Waals surface area (Å²) < 4.78 is 5.63. The van der Waals surface area contributed by atoms with E-state index in [0.717, 1.165) is 32.1 Å². The molecule has 0 saturated heterocycles. The van der Waals surface area contributed by atoms with Crippen molar-refractivity contribution in [2.24, 2.45) is 0 Å². The molecule has 1 unspecified atom stereocenters. The van der Waals surface area contributed by atoms with Gasteiger partial charge in [0, 0.05) is 12.8 Å². The molecule has 4 heteroatoms. The summed E-state index contributed by atoms with van der Waals surface area (Å²) in [7, 11) is 0. The number of allylic oxidation sites excluding steroid dienone is 2. The first kappa shape index (κ1) is 32.7. The van der Waals surface area contributed by atoms with Crippen molar-refractivity contribution in [3.63, 3.8) is 0 Å². The van der Waals surface area contributed by atoms with Crippen molar-refractivity contribution in [2.75, 3.05) is 0 Å². The van der Waals surface area contributed by atoms with Crippen molar-refractivity contribution in [1.82, 2.24) is 0 Å². The molecule has 0 aliphatic heterocycles. The van der Waals surface area contributed by atoms with Crippen LogP contribution in [-0.2, 0) is 14.3 Å². The van der Waals surface area contributed by atoms with Crippen LogP contribution >= 0.6 is 0 Å². The summed E-state index contributed by atoms with van der Waals surface area (Å²) in [6.45, 7) is 4.39. The van der Waals surface area contributed by atoms with Gasteiger partial charge in [-0.25, -0.2) is 0 Å². The molecule has 0 radical (unpaired) electrons. The zero-order chi connectivity index (χ0) is 25.1. The molecule has 1 N–H and O–H groups in total. The third-order valence-corrected chi connectivity index (χ3v) is 6.49. The van der Waals surface area contributed by atoms with Crippen LogP contribution in [0.4, 0.5) is 0 Å². The van der Waals surface area contributed by atoms with Gasteiger partial charge in [0.25, 0.3) is 0 Å². The first-order valence-electron chi connectivity index (χ1n) is 14.7. The highest BCUT2D eigenvalue weighted by Gasteiger charge is 2.14. The number of hydrogen-bond donors (Lipinski definition) is 1. The fourth-order valence-electron chi connectivity index (χ4n) is 4.29. The van der Waals surface area contributed by atoms with Gasteiger partial charge >= 0.3 is 11.9 Å². The molecule has 0 aromatic rings. The van der Waals surface area contributed by atoms with Gasteiger partial charge in [0.15, 0.2) is 0 Å². The van der Waals surface area contributed by atoms with Crippen LogP contribution in [0.2, 0.25) is 0 Å². The second-order valence-corrected chi connectivity index (χ2v) is 9.94. The monoisotopic (exact) mass is 480 g/mol. The summed E-state index contributed by atoms with van der Waals surface area (Å²) in [5.74, 6) is -0.893. The highest BCUT2D eigenvalue weighted by atomic mass is 16.5. The number of carbonyl (C=O) groups is 2. The molecule has 0 fully saturated rings. The van der Waals surface area contributed by atoms with E-state index < -0.39 is 5.97 Å². The molecule has 200 valence electrons. The van der Waals surface area contributed by atoms with Gasteiger partial charge in [0.2, 0.25) is 0 Å². The minimum absolute atomic E-state index is 0.111. The molecule has 0 amide bonds. The number of rotatable bonds is 26. The number of hydrogen-bond acceptors (Lipinski definition) is 3. The summed E-state index contributed by atoms with van der Waals surface area (Å²) in [4.78, 5) is 22.8. The van der Waals surface area contributed by atoms with E-state index >= 15 is 0 Å². The lowest BCUT2D eigenvalue weighted by Crippen LogP contribution is -2.18. The summed E-state index contributed by atoms with van der Waals surface area (Å²) in [5, 5.41) is 8.79. The van der Waals surface area contributed by atoms with Crippen LogP contribution in [0.3, 0.4) is 0 Å². The summed E-state index contributed by atoms with van der Waals surface area (Å²) in [5.41, 5.74) is 0. The SMILES string of the molecule is CCCCCCCCC/C=C\CCCCCCCCCC(=O)OC(CCCC)CCCC(=O)O. The molecule has 1 atom stereocenters. The van der Waals surface area contributed by atoms with Crippen LogP contribution < -0.4 is 0 Å². The molecule has 4 nitrogen and oxygen atoms in total. The lowest BCUT2D eigenvalue weighted by Gasteiger charge is -2.17. The van der Waals surface area contributed by atoms with E-state index in [4.69, 9.17) is 9.84 Å². The van der Waals surface area contributed by atoms with E-state index in [1.165, 1.54) is 89.9 Å².